The molecule has 1 N–H and O–H groups in total. The minimum absolute atomic E-state index is 0.114. The van der Waals surface area contributed by atoms with Crippen molar-refractivity contribution in [2.45, 2.75) is 13.0 Å². The first-order valence-electron chi connectivity index (χ1n) is 8.53. The van der Waals surface area contributed by atoms with Crippen LogP contribution in [0.1, 0.15) is 6.92 Å². The topological polar surface area (TPSA) is 57.7 Å². The monoisotopic (exact) mass is 340 g/mol. The van der Waals surface area contributed by atoms with E-state index in [1.54, 1.807) is 19.4 Å². The Morgan fingerprint density at radius 1 is 1.12 bits per heavy atom. The minimum Gasteiger partial charge on any atom is -0.481 e. The van der Waals surface area contributed by atoms with Crippen LogP contribution in [0.5, 0.6) is 5.88 Å². The molecular formula is C19H24N4O2. The van der Waals surface area contributed by atoms with Gasteiger partial charge in [0.1, 0.15) is 6.04 Å². The molecule has 0 unspecified atom stereocenters. The first kappa shape index (κ1) is 17.1. The third kappa shape index (κ3) is 4.21. The van der Waals surface area contributed by atoms with Crippen molar-refractivity contribution in [3.8, 4) is 5.88 Å². The van der Waals surface area contributed by atoms with E-state index < -0.39 is 0 Å². The quantitative estimate of drug-likeness (QED) is 0.905. The summed E-state index contributed by atoms with van der Waals surface area (Å²) >= 11 is 0. The summed E-state index contributed by atoms with van der Waals surface area (Å²) in [5.41, 5.74) is 2.02. The van der Waals surface area contributed by atoms with E-state index in [0.717, 1.165) is 31.9 Å². The number of aromatic nitrogens is 1. The third-order valence-corrected chi connectivity index (χ3v) is 4.41. The van der Waals surface area contributed by atoms with Crippen molar-refractivity contribution < 1.29 is 9.53 Å². The van der Waals surface area contributed by atoms with Crippen LogP contribution in [-0.4, -0.2) is 55.1 Å². The number of ether oxygens (including phenoxy) is 1. The summed E-state index contributed by atoms with van der Waals surface area (Å²) < 4.78 is 5.04. The molecule has 6 heteroatoms. The fourth-order valence-corrected chi connectivity index (χ4v) is 3.00. The molecule has 6 nitrogen and oxygen atoms in total. The maximum absolute atomic E-state index is 12.7. The zero-order valence-corrected chi connectivity index (χ0v) is 14.7. The number of nitrogens with one attached hydrogen (secondary N) is 1. The van der Waals surface area contributed by atoms with Crippen LogP contribution in [0.15, 0.2) is 48.7 Å². The van der Waals surface area contributed by atoms with Crippen LogP contribution in [0.3, 0.4) is 0 Å². The van der Waals surface area contributed by atoms with Crippen molar-refractivity contribution in [1.29, 1.82) is 0 Å². The Balaban J connectivity index is 1.52. The second-order valence-electron chi connectivity index (χ2n) is 6.10. The van der Waals surface area contributed by atoms with Crippen LogP contribution < -0.4 is 15.0 Å². The lowest BCUT2D eigenvalue weighted by atomic mass is 10.2. The molecule has 0 aliphatic carbocycles. The number of pyridine rings is 1. The van der Waals surface area contributed by atoms with Crippen LogP contribution in [0.25, 0.3) is 0 Å². The molecule has 25 heavy (non-hydrogen) atoms. The van der Waals surface area contributed by atoms with Gasteiger partial charge in [0.05, 0.1) is 19.0 Å². The summed E-state index contributed by atoms with van der Waals surface area (Å²) in [6.45, 7) is 5.07. The van der Waals surface area contributed by atoms with E-state index in [0.29, 0.717) is 5.88 Å². The highest BCUT2D eigenvalue weighted by Crippen LogP contribution is 2.17. The highest BCUT2D eigenvalue weighted by Gasteiger charge is 2.25. The van der Waals surface area contributed by atoms with Gasteiger partial charge in [-0.2, -0.15) is 0 Å². The number of amides is 1. The molecule has 1 saturated heterocycles. The van der Waals surface area contributed by atoms with E-state index in [2.05, 4.69) is 27.3 Å². The number of hydrogen-bond acceptors (Lipinski definition) is 5. The molecule has 132 valence electrons. The first-order valence-corrected chi connectivity index (χ1v) is 8.53. The summed E-state index contributed by atoms with van der Waals surface area (Å²) in [5.74, 6) is 0.671. The average Bonchev–Trinajstić information content (AvgIpc) is 2.69. The number of rotatable bonds is 5. The van der Waals surface area contributed by atoms with Crippen molar-refractivity contribution in [3.05, 3.63) is 48.7 Å². The van der Waals surface area contributed by atoms with Crippen molar-refractivity contribution >= 4 is 17.3 Å². The molecule has 1 aliphatic rings. The van der Waals surface area contributed by atoms with Crippen LogP contribution in [0.2, 0.25) is 0 Å². The molecule has 3 rings (SSSR count). The van der Waals surface area contributed by atoms with Gasteiger partial charge in [0.2, 0.25) is 11.8 Å². The number of carbonyl (C=O) groups is 1. The van der Waals surface area contributed by atoms with Gasteiger partial charge in [-0.1, -0.05) is 18.2 Å². The Morgan fingerprint density at radius 2 is 1.84 bits per heavy atom. The number of benzene rings is 1. The van der Waals surface area contributed by atoms with Crippen molar-refractivity contribution in [2.24, 2.45) is 0 Å². The molecule has 0 radical (unpaired) electrons. The maximum Gasteiger partial charge on any atom is 0.244 e. The van der Waals surface area contributed by atoms with Gasteiger partial charge in [-0.15, -0.1) is 0 Å². The molecule has 0 bridgehead atoms. The van der Waals surface area contributed by atoms with Gasteiger partial charge in [0, 0.05) is 37.9 Å². The van der Waals surface area contributed by atoms with E-state index in [1.807, 2.05) is 36.1 Å². The number of anilines is 2. The van der Waals surface area contributed by atoms with E-state index in [1.165, 1.54) is 5.69 Å². The van der Waals surface area contributed by atoms with Crippen molar-refractivity contribution in [1.82, 2.24) is 9.88 Å². The second-order valence-corrected chi connectivity index (χ2v) is 6.10. The summed E-state index contributed by atoms with van der Waals surface area (Å²) in [5, 5.41) is 3.21. The molecule has 1 fully saturated rings. The number of nitrogens with zero attached hydrogens (tertiary/aromatic N) is 3. The van der Waals surface area contributed by atoms with Crippen LogP contribution >= 0.6 is 0 Å². The number of para-hydroxylation sites is 1. The Hall–Kier alpha value is -2.76. The van der Waals surface area contributed by atoms with E-state index in [-0.39, 0.29) is 11.9 Å². The lowest BCUT2D eigenvalue weighted by Gasteiger charge is -2.37. The van der Waals surface area contributed by atoms with Crippen LogP contribution in [0.4, 0.5) is 11.4 Å². The highest BCUT2D eigenvalue weighted by molar-refractivity contribution is 5.84. The fourth-order valence-electron chi connectivity index (χ4n) is 3.00. The standard InChI is InChI=1S/C19H24N4O2/c1-15(21-16-8-9-18(25-2)20-14-16)19(24)23-12-10-22(11-13-23)17-6-4-3-5-7-17/h3-9,14-15,21H,10-13H2,1-2H3/t15-/m0/s1. The maximum atomic E-state index is 12.7. The normalized spacial score (nSPS) is 15.6. The Kier molecular flexibility index (Phi) is 5.38. The molecule has 1 amide bonds. The molecule has 0 spiro atoms. The smallest absolute Gasteiger partial charge is 0.244 e. The fraction of sp³-hybridized carbons (Fsp3) is 0.368. The molecular weight excluding hydrogens is 316 g/mol. The largest absolute Gasteiger partial charge is 0.481 e. The third-order valence-electron chi connectivity index (χ3n) is 4.41. The van der Waals surface area contributed by atoms with Crippen LogP contribution in [0, 0.1) is 0 Å². The number of hydrogen-bond donors (Lipinski definition) is 1. The molecule has 1 aliphatic heterocycles. The summed E-state index contributed by atoms with van der Waals surface area (Å²) in [6.07, 6.45) is 1.68. The molecule has 1 aromatic heterocycles. The summed E-state index contributed by atoms with van der Waals surface area (Å²) in [6, 6.07) is 13.7. The second kappa shape index (κ2) is 7.88. The number of piperazine rings is 1. The predicted molar refractivity (Wildman–Crippen MR) is 99.1 cm³/mol. The van der Waals surface area contributed by atoms with E-state index >= 15 is 0 Å². The Morgan fingerprint density at radius 3 is 2.44 bits per heavy atom. The molecule has 1 aromatic carbocycles. The minimum atomic E-state index is -0.293. The average molecular weight is 340 g/mol. The van der Waals surface area contributed by atoms with Gasteiger partial charge in [0.15, 0.2) is 0 Å². The molecule has 1 atom stereocenters. The van der Waals surface area contributed by atoms with Gasteiger partial charge < -0.3 is 19.9 Å². The van der Waals surface area contributed by atoms with Gasteiger partial charge >= 0.3 is 0 Å². The molecule has 2 aromatic rings. The lowest BCUT2D eigenvalue weighted by molar-refractivity contribution is -0.131. The van der Waals surface area contributed by atoms with Crippen LogP contribution in [-0.2, 0) is 4.79 Å². The predicted octanol–water partition coefficient (Wildman–Crippen LogP) is 2.24. The van der Waals surface area contributed by atoms with Gasteiger partial charge in [-0.3, -0.25) is 4.79 Å². The Bertz CT molecular complexity index is 682. The lowest BCUT2D eigenvalue weighted by Crippen LogP contribution is -2.52. The van der Waals surface area contributed by atoms with E-state index in [4.69, 9.17) is 4.74 Å². The molecule has 2 heterocycles. The molecule has 0 saturated carbocycles. The zero-order chi connectivity index (χ0) is 17.6. The van der Waals surface area contributed by atoms with Crippen molar-refractivity contribution in [3.63, 3.8) is 0 Å². The van der Waals surface area contributed by atoms with Gasteiger partial charge in [0.25, 0.3) is 0 Å². The Labute approximate surface area is 148 Å². The summed E-state index contributed by atoms with van der Waals surface area (Å²) in [4.78, 5) is 21.1. The first-order chi connectivity index (χ1) is 12.2. The summed E-state index contributed by atoms with van der Waals surface area (Å²) in [7, 11) is 1.58. The zero-order valence-electron chi connectivity index (χ0n) is 14.7. The van der Waals surface area contributed by atoms with E-state index in [9.17, 15) is 4.79 Å². The highest BCUT2D eigenvalue weighted by atomic mass is 16.5. The number of methoxy groups -OCH3 is 1. The van der Waals surface area contributed by atoms with Gasteiger partial charge in [-0.05, 0) is 25.1 Å². The van der Waals surface area contributed by atoms with Gasteiger partial charge in [-0.25, -0.2) is 4.98 Å². The number of carbonyl (C=O) groups excluding carboxylic acids is 1. The SMILES string of the molecule is COc1ccc(N[C@@H](C)C(=O)N2CCN(c3ccccc3)CC2)cn1. The van der Waals surface area contributed by atoms with Crippen molar-refractivity contribution in [2.75, 3.05) is 43.5 Å².